The SMILES string of the molecule is CC(=O)c1nn(CC(=O)N2[C@H](C(=O)Cc3nc(Br)ccc3C)C[C@@]3(C)C[C@@H]23)c2c(C(F)(F)F)cc(-c3cnc(C)nc3)cc12. The second-order valence-electron chi connectivity index (χ2n) is 11.9. The van der Waals surface area contributed by atoms with Gasteiger partial charge in [-0.1, -0.05) is 13.0 Å². The second-order valence-corrected chi connectivity index (χ2v) is 12.7. The van der Waals surface area contributed by atoms with Crippen molar-refractivity contribution in [1.82, 2.24) is 29.6 Å². The van der Waals surface area contributed by atoms with Crippen LogP contribution in [0.1, 0.15) is 59.8 Å². The van der Waals surface area contributed by atoms with E-state index in [4.69, 9.17) is 0 Å². The van der Waals surface area contributed by atoms with Crippen molar-refractivity contribution in [3.63, 3.8) is 0 Å². The number of likely N-dealkylation sites (tertiary alicyclic amines) is 1. The van der Waals surface area contributed by atoms with Crippen molar-refractivity contribution in [2.24, 2.45) is 5.41 Å². The Balaban J connectivity index is 1.38. The van der Waals surface area contributed by atoms with Crippen molar-refractivity contribution in [3.05, 3.63) is 69.6 Å². The molecule has 6 rings (SSSR count). The van der Waals surface area contributed by atoms with Gasteiger partial charge < -0.3 is 4.90 Å². The number of Topliss-reactive ketones (excluding diaryl/α,β-unsaturated/α-hetero) is 2. The van der Waals surface area contributed by atoms with Gasteiger partial charge in [-0.2, -0.15) is 18.3 Å². The number of benzene rings is 1. The number of aryl methyl sites for hydroxylation is 2. The molecular formula is C31H28BrF3N6O3. The third-order valence-electron chi connectivity index (χ3n) is 8.69. The van der Waals surface area contributed by atoms with Gasteiger partial charge in [-0.05, 0) is 77.4 Å². The Morgan fingerprint density at radius 3 is 2.43 bits per heavy atom. The summed E-state index contributed by atoms with van der Waals surface area (Å²) >= 11 is 3.33. The Bertz CT molecular complexity index is 1860. The van der Waals surface area contributed by atoms with E-state index in [2.05, 4.69) is 36.0 Å². The first-order chi connectivity index (χ1) is 20.7. The number of aromatic nitrogens is 5. The Morgan fingerprint density at radius 1 is 1.07 bits per heavy atom. The van der Waals surface area contributed by atoms with Crippen molar-refractivity contribution in [2.45, 2.75) is 71.8 Å². The van der Waals surface area contributed by atoms with Gasteiger partial charge in [0.15, 0.2) is 11.6 Å². The first-order valence-corrected chi connectivity index (χ1v) is 14.8. The molecule has 0 radical (unpaired) electrons. The maximum absolute atomic E-state index is 14.6. The van der Waals surface area contributed by atoms with Crippen LogP contribution in [0.15, 0.2) is 41.3 Å². The number of alkyl halides is 3. The maximum atomic E-state index is 14.6. The molecule has 228 valence electrons. The van der Waals surface area contributed by atoms with Crippen molar-refractivity contribution in [1.29, 1.82) is 0 Å². The molecule has 13 heteroatoms. The number of fused-ring (bicyclic) bond motifs is 2. The number of piperidine rings is 1. The predicted octanol–water partition coefficient (Wildman–Crippen LogP) is 5.68. The van der Waals surface area contributed by atoms with Gasteiger partial charge in [0.2, 0.25) is 5.91 Å². The van der Waals surface area contributed by atoms with Crippen molar-refractivity contribution >= 4 is 44.3 Å². The van der Waals surface area contributed by atoms with Gasteiger partial charge >= 0.3 is 6.18 Å². The Morgan fingerprint density at radius 2 is 1.77 bits per heavy atom. The molecular weight excluding hydrogens is 641 g/mol. The average Bonchev–Trinajstić information content (AvgIpc) is 3.31. The van der Waals surface area contributed by atoms with Crippen LogP contribution in [0.2, 0.25) is 0 Å². The summed E-state index contributed by atoms with van der Waals surface area (Å²) in [4.78, 5) is 54.2. The van der Waals surface area contributed by atoms with E-state index in [1.807, 2.05) is 19.9 Å². The van der Waals surface area contributed by atoms with Gasteiger partial charge in [0.1, 0.15) is 22.7 Å². The summed E-state index contributed by atoms with van der Waals surface area (Å²) < 4.78 is 45.2. The molecule has 0 N–H and O–H groups in total. The fourth-order valence-electron chi connectivity index (χ4n) is 6.24. The van der Waals surface area contributed by atoms with Gasteiger partial charge in [0.25, 0.3) is 0 Å². The number of hydrogen-bond acceptors (Lipinski definition) is 7. The van der Waals surface area contributed by atoms with Crippen molar-refractivity contribution in [3.8, 4) is 11.1 Å². The number of nitrogens with zero attached hydrogens (tertiary/aromatic N) is 6. The highest BCUT2D eigenvalue weighted by Gasteiger charge is 2.64. The fraction of sp³-hybridized carbons (Fsp3) is 0.387. The Kier molecular flexibility index (Phi) is 7.22. The zero-order valence-corrected chi connectivity index (χ0v) is 26.0. The first kappa shape index (κ1) is 30.0. The average molecular weight is 670 g/mol. The number of rotatable bonds is 7. The van der Waals surface area contributed by atoms with Crippen molar-refractivity contribution < 1.29 is 27.6 Å². The lowest BCUT2D eigenvalue weighted by Crippen LogP contribution is -2.45. The molecule has 4 aromatic rings. The number of amides is 1. The normalized spacial score (nSPS) is 21.0. The quantitative estimate of drug-likeness (QED) is 0.184. The minimum Gasteiger partial charge on any atom is -0.327 e. The zero-order chi connectivity index (χ0) is 31.7. The number of carbonyl (C=O) groups is 3. The highest BCUT2D eigenvalue weighted by molar-refractivity contribution is 9.10. The van der Waals surface area contributed by atoms with Gasteiger partial charge in [0.05, 0.1) is 29.2 Å². The van der Waals surface area contributed by atoms with E-state index >= 15 is 0 Å². The number of halogens is 4. The second kappa shape index (κ2) is 10.6. The molecule has 0 bridgehead atoms. The predicted molar refractivity (Wildman–Crippen MR) is 158 cm³/mol. The van der Waals surface area contributed by atoms with Crippen LogP contribution in [0, 0.1) is 19.3 Å². The van der Waals surface area contributed by atoms with Crippen LogP contribution in [-0.2, 0) is 28.7 Å². The Labute approximate surface area is 259 Å². The van der Waals surface area contributed by atoms with E-state index in [1.54, 1.807) is 13.0 Å². The minimum absolute atomic E-state index is 0.0193. The molecule has 3 atom stereocenters. The molecule has 44 heavy (non-hydrogen) atoms. The molecule has 1 aliphatic carbocycles. The number of hydrogen-bond donors (Lipinski definition) is 0. The highest BCUT2D eigenvalue weighted by Crippen LogP contribution is 2.59. The van der Waals surface area contributed by atoms with E-state index in [9.17, 15) is 27.6 Å². The standard InChI is InChI=1S/C31H28BrF3N6O3/c1-15-5-6-26(32)38-22(15)9-24(43)23-10-30(4)11-25(30)41(23)27(44)14-40-29-20(28(39-40)16(2)42)7-18(8-21(29)31(33,34)35)19-12-36-17(3)37-13-19/h5-8,12-13,23,25H,9-11,14H2,1-4H3/t23-,25+,30-/m0/s1. The van der Waals surface area contributed by atoms with Crippen LogP contribution in [-0.4, -0.2) is 59.2 Å². The lowest BCUT2D eigenvalue weighted by molar-refractivity contribution is -0.139. The topological polar surface area (TPSA) is 111 Å². The summed E-state index contributed by atoms with van der Waals surface area (Å²) in [5, 5.41) is 4.20. The first-order valence-electron chi connectivity index (χ1n) is 14.0. The molecule has 1 amide bonds. The smallest absolute Gasteiger partial charge is 0.327 e. The maximum Gasteiger partial charge on any atom is 0.418 e. The Hall–Kier alpha value is -4.00. The summed E-state index contributed by atoms with van der Waals surface area (Å²) in [7, 11) is 0. The third kappa shape index (κ3) is 5.31. The largest absolute Gasteiger partial charge is 0.418 e. The highest BCUT2D eigenvalue weighted by atomic mass is 79.9. The van der Waals surface area contributed by atoms with Crippen LogP contribution in [0.25, 0.3) is 22.0 Å². The van der Waals surface area contributed by atoms with Crippen LogP contribution >= 0.6 is 15.9 Å². The van der Waals surface area contributed by atoms with E-state index in [0.717, 1.165) is 16.3 Å². The third-order valence-corrected chi connectivity index (χ3v) is 9.13. The molecule has 0 unspecified atom stereocenters. The van der Waals surface area contributed by atoms with E-state index < -0.39 is 36.0 Å². The molecule has 1 aliphatic heterocycles. The number of pyridine rings is 1. The van der Waals surface area contributed by atoms with Gasteiger partial charge in [-0.25, -0.2) is 15.0 Å². The van der Waals surface area contributed by atoms with E-state index in [-0.39, 0.29) is 45.8 Å². The minimum atomic E-state index is -4.83. The molecule has 9 nitrogen and oxygen atoms in total. The molecule has 2 aliphatic rings. The molecule has 1 aromatic carbocycles. The monoisotopic (exact) mass is 668 g/mol. The van der Waals surface area contributed by atoms with Gasteiger partial charge in [0, 0.05) is 36.3 Å². The van der Waals surface area contributed by atoms with Crippen LogP contribution in [0.5, 0.6) is 0 Å². The summed E-state index contributed by atoms with van der Waals surface area (Å²) in [6.07, 6.45) is -0.828. The summed E-state index contributed by atoms with van der Waals surface area (Å²) in [5.41, 5.74) is 0.0869. The van der Waals surface area contributed by atoms with Gasteiger partial charge in [-0.15, -0.1) is 0 Å². The van der Waals surface area contributed by atoms with Crippen LogP contribution in [0.4, 0.5) is 13.2 Å². The molecule has 1 saturated carbocycles. The molecule has 3 aromatic heterocycles. The summed E-state index contributed by atoms with van der Waals surface area (Å²) in [6, 6.07) is 5.08. The van der Waals surface area contributed by atoms with E-state index in [1.165, 1.54) is 30.3 Å². The van der Waals surface area contributed by atoms with Crippen molar-refractivity contribution in [2.75, 3.05) is 0 Å². The van der Waals surface area contributed by atoms with E-state index in [0.29, 0.717) is 34.5 Å². The lowest BCUT2D eigenvalue weighted by Gasteiger charge is -2.27. The zero-order valence-electron chi connectivity index (χ0n) is 24.4. The van der Waals surface area contributed by atoms with Crippen LogP contribution < -0.4 is 0 Å². The molecule has 1 saturated heterocycles. The number of ketones is 2. The lowest BCUT2D eigenvalue weighted by atomic mass is 9.96. The number of carbonyl (C=O) groups excluding carboxylic acids is 3. The van der Waals surface area contributed by atoms with Crippen LogP contribution in [0.3, 0.4) is 0 Å². The fourth-order valence-corrected chi connectivity index (χ4v) is 6.59. The molecule has 4 heterocycles. The molecule has 0 spiro atoms. The van der Waals surface area contributed by atoms with Gasteiger partial charge in [-0.3, -0.25) is 19.1 Å². The molecule has 2 fully saturated rings. The summed E-state index contributed by atoms with van der Waals surface area (Å²) in [6.45, 7) is 6.16. The summed E-state index contributed by atoms with van der Waals surface area (Å²) in [5.74, 6) is -0.809.